The van der Waals surface area contributed by atoms with Crippen molar-refractivity contribution in [1.29, 1.82) is 0 Å². The molecule has 0 atom stereocenters. The number of aromatic nitrogens is 5. The molecule has 9 heteroatoms. The predicted octanol–water partition coefficient (Wildman–Crippen LogP) is 4.30. The average Bonchev–Trinajstić information content (AvgIpc) is 3.59. The lowest BCUT2D eigenvalue weighted by Gasteiger charge is -2.14. The van der Waals surface area contributed by atoms with Crippen molar-refractivity contribution in [2.24, 2.45) is 0 Å². The number of ether oxygens (including phenoxy) is 1. The van der Waals surface area contributed by atoms with Crippen molar-refractivity contribution in [3.63, 3.8) is 0 Å². The van der Waals surface area contributed by atoms with Crippen LogP contribution in [0.25, 0.3) is 16.7 Å². The maximum atomic E-state index is 12.0. The Balaban J connectivity index is 0.00000119. The number of hydrogen-bond acceptors (Lipinski definition) is 6. The highest BCUT2D eigenvalue weighted by Gasteiger charge is 2.27. The molecule has 1 aliphatic heterocycles. The van der Waals surface area contributed by atoms with E-state index < -0.39 is 6.09 Å². The molecule has 0 spiro atoms. The van der Waals surface area contributed by atoms with Crippen LogP contribution in [0.1, 0.15) is 32.0 Å². The Labute approximate surface area is 186 Å². The Bertz CT molecular complexity index is 1200. The molecule has 0 saturated carbocycles. The van der Waals surface area contributed by atoms with E-state index in [4.69, 9.17) is 4.74 Å². The van der Waals surface area contributed by atoms with Crippen LogP contribution >= 0.6 is 0 Å². The number of hydrogen-bond donors (Lipinski definition) is 2. The molecule has 1 amide bonds. The summed E-state index contributed by atoms with van der Waals surface area (Å²) < 4.78 is 7.04. The van der Waals surface area contributed by atoms with Crippen LogP contribution < -0.4 is 10.2 Å². The molecule has 0 aliphatic carbocycles. The molecular weight excluding hydrogens is 406 g/mol. The number of carbonyl (C=O) groups excluding carboxylic acids is 1. The molecule has 166 valence electrons. The Kier molecular flexibility index (Phi) is 6.34. The molecular formula is C23H27N7O2. The number of amides is 1. The van der Waals surface area contributed by atoms with E-state index in [2.05, 4.69) is 56.4 Å². The summed E-state index contributed by atoms with van der Waals surface area (Å²) in [5.41, 5.74) is 3.87. The number of rotatable bonds is 6. The first-order valence-electron chi connectivity index (χ1n) is 10.9. The van der Waals surface area contributed by atoms with Gasteiger partial charge in [0.25, 0.3) is 0 Å². The lowest BCUT2D eigenvalue weighted by atomic mass is 10.1. The summed E-state index contributed by atoms with van der Waals surface area (Å²) in [6.07, 6.45) is 6.16. The van der Waals surface area contributed by atoms with Crippen molar-refractivity contribution in [2.45, 2.75) is 33.7 Å². The number of imidazole rings is 1. The molecule has 0 bridgehead atoms. The zero-order chi connectivity index (χ0) is 22.5. The number of H-pyrrole nitrogens is 1. The quantitative estimate of drug-likeness (QED) is 0.470. The van der Waals surface area contributed by atoms with Crippen molar-refractivity contribution in [2.75, 3.05) is 23.4 Å². The van der Waals surface area contributed by atoms with Crippen LogP contribution in [0.5, 0.6) is 0 Å². The molecule has 9 nitrogen and oxygen atoms in total. The number of fused-ring (bicyclic) bond motifs is 1. The van der Waals surface area contributed by atoms with Gasteiger partial charge in [-0.25, -0.2) is 9.78 Å². The molecule has 1 saturated heterocycles. The van der Waals surface area contributed by atoms with Crippen LogP contribution in [0.3, 0.4) is 0 Å². The van der Waals surface area contributed by atoms with Crippen LogP contribution in [0.4, 0.5) is 16.6 Å². The Morgan fingerprint density at radius 1 is 1.16 bits per heavy atom. The van der Waals surface area contributed by atoms with E-state index in [0.29, 0.717) is 37.1 Å². The van der Waals surface area contributed by atoms with Crippen LogP contribution in [0.15, 0.2) is 49.1 Å². The highest BCUT2D eigenvalue weighted by molar-refractivity contribution is 5.98. The standard InChI is InChI=1S/C21H21N7O2.C2H6/c1-2-14-3-5-16(6-4-14)27-12-15(24-13-27)11-23-20-25-18-17(7-8-22-18)19(26-20)28-9-10-30-21(28)29;1-2/h3-8,12-13H,2,9-11H2,1H3,(H2,22,23,25,26);1-2H3. The first-order valence-corrected chi connectivity index (χ1v) is 10.9. The summed E-state index contributed by atoms with van der Waals surface area (Å²) in [5, 5.41) is 3.98. The molecule has 1 aliphatic rings. The summed E-state index contributed by atoms with van der Waals surface area (Å²) in [4.78, 5) is 30.1. The second-order valence-electron chi connectivity index (χ2n) is 7.02. The fourth-order valence-electron chi connectivity index (χ4n) is 3.47. The topological polar surface area (TPSA) is 101 Å². The number of anilines is 2. The predicted molar refractivity (Wildman–Crippen MR) is 124 cm³/mol. The van der Waals surface area contributed by atoms with Gasteiger partial charge in [0.1, 0.15) is 12.3 Å². The molecule has 4 heterocycles. The number of nitrogens with zero attached hydrogens (tertiary/aromatic N) is 5. The number of aryl methyl sites for hydroxylation is 1. The van der Waals surface area contributed by atoms with E-state index >= 15 is 0 Å². The molecule has 1 fully saturated rings. The third-order valence-corrected chi connectivity index (χ3v) is 5.12. The van der Waals surface area contributed by atoms with Gasteiger partial charge in [-0.05, 0) is 30.2 Å². The Hall–Kier alpha value is -3.88. The molecule has 0 radical (unpaired) electrons. The summed E-state index contributed by atoms with van der Waals surface area (Å²) in [5.74, 6) is 0.953. The van der Waals surface area contributed by atoms with Crippen LogP contribution in [-0.2, 0) is 17.7 Å². The van der Waals surface area contributed by atoms with E-state index in [-0.39, 0.29) is 0 Å². The van der Waals surface area contributed by atoms with E-state index in [1.54, 1.807) is 12.5 Å². The first kappa shape index (κ1) is 21.4. The maximum Gasteiger partial charge on any atom is 0.415 e. The van der Waals surface area contributed by atoms with Gasteiger partial charge in [0.15, 0.2) is 5.82 Å². The minimum atomic E-state index is -0.394. The lowest BCUT2D eigenvalue weighted by molar-refractivity contribution is 0.181. The molecule has 3 aromatic heterocycles. The fourth-order valence-corrected chi connectivity index (χ4v) is 3.47. The van der Waals surface area contributed by atoms with Gasteiger partial charge in [-0.15, -0.1) is 0 Å². The second kappa shape index (κ2) is 9.51. The summed E-state index contributed by atoms with van der Waals surface area (Å²) in [6.45, 7) is 7.42. The Morgan fingerprint density at radius 2 is 1.97 bits per heavy atom. The van der Waals surface area contributed by atoms with Crippen molar-refractivity contribution in [3.05, 3.63) is 60.3 Å². The third kappa shape index (κ3) is 4.27. The van der Waals surface area contributed by atoms with Gasteiger partial charge in [0.05, 0.1) is 30.5 Å². The number of benzene rings is 1. The SMILES string of the molecule is CC.CCc1ccc(-n2cnc(CNc3nc(N4CCOC4=O)c4cc[nH]c4n3)c2)cc1. The fraction of sp³-hybridized carbons (Fsp3) is 0.304. The number of aromatic amines is 1. The van der Waals surface area contributed by atoms with E-state index in [0.717, 1.165) is 23.2 Å². The minimum absolute atomic E-state index is 0.355. The highest BCUT2D eigenvalue weighted by Crippen LogP contribution is 2.27. The van der Waals surface area contributed by atoms with Crippen molar-refractivity contribution in [1.82, 2.24) is 24.5 Å². The molecule has 0 unspecified atom stereocenters. The van der Waals surface area contributed by atoms with Gasteiger partial charge in [-0.1, -0.05) is 32.9 Å². The molecule has 4 aromatic rings. The third-order valence-electron chi connectivity index (χ3n) is 5.12. The summed E-state index contributed by atoms with van der Waals surface area (Å²) in [7, 11) is 0. The normalized spacial score (nSPS) is 13.1. The summed E-state index contributed by atoms with van der Waals surface area (Å²) >= 11 is 0. The molecule has 1 aromatic carbocycles. The minimum Gasteiger partial charge on any atom is -0.447 e. The van der Waals surface area contributed by atoms with Crippen LogP contribution in [-0.4, -0.2) is 43.7 Å². The lowest BCUT2D eigenvalue weighted by Crippen LogP contribution is -2.25. The summed E-state index contributed by atoms with van der Waals surface area (Å²) in [6, 6.07) is 10.3. The molecule has 2 N–H and O–H groups in total. The number of cyclic esters (lactones) is 1. The van der Waals surface area contributed by atoms with Gasteiger partial charge in [-0.3, -0.25) is 4.90 Å². The first-order chi connectivity index (χ1) is 15.7. The van der Waals surface area contributed by atoms with Gasteiger partial charge in [0, 0.05) is 18.1 Å². The van der Waals surface area contributed by atoms with Gasteiger partial charge in [0.2, 0.25) is 5.95 Å². The zero-order valence-corrected chi connectivity index (χ0v) is 18.5. The second-order valence-corrected chi connectivity index (χ2v) is 7.02. The molecule has 5 rings (SSSR count). The van der Waals surface area contributed by atoms with Crippen molar-refractivity contribution >= 4 is 28.9 Å². The smallest absolute Gasteiger partial charge is 0.415 e. The van der Waals surface area contributed by atoms with Gasteiger partial charge < -0.3 is 19.6 Å². The highest BCUT2D eigenvalue weighted by atomic mass is 16.6. The number of carbonyl (C=O) groups is 1. The van der Waals surface area contributed by atoms with Gasteiger partial charge >= 0.3 is 6.09 Å². The Morgan fingerprint density at radius 3 is 2.69 bits per heavy atom. The van der Waals surface area contributed by atoms with E-state index in [1.165, 1.54) is 10.5 Å². The van der Waals surface area contributed by atoms with Crippen LogP contribution in [0, 0.1) is 0 Å². The molecule has 32 heavy (non-hydrogen) atoms. The number of nitrogens with one attached hydrogen (secondary N) is 2. The maximum absolute atomic E-state index is 12.0. The largest absolute Gasteiger partial charge is 0.447 e. The average molecular weight is 434 g/mol. The van der Waals surface area contributed by atoms with E-state index in [9.17, 15) is 4.79 Å². The van der Waals surface area contributed by atoms with Crippen LogP contribution in [0.2, 0.25) is 0 Å². The zero-order valence-electron chi connectivity index (χ0n) is 18.5. The van der Waals surface area contributed by atoms with Gasteiger partial charge in [-0.2, -0.15) is 9.97 Å². The van der Waals surface area contributed by atoms with E-state index in [1.807, 2.05) is 30.7 Å². The van der Waals surface area contributed by atoms with Crippen molar-refractivity contribution < 1.29 is 9.53 Å². The van der Waals surface area contributed by atoms with Crippen molar-refractivity contribution in [3.8, 4) is 5.69 Å². The monoisotopic (exact) mass is 433 g/mol.